The number of para-hydroxylation sites is 1. The van der Waals surface area contributed by atoms with Gasteiger partial charge in [0, 0.05) is 11.1 Å². The van der Waals surface area contributed by atoms with Crippen LogP contribution in [0, 0.1) is 0 Å². The minimum atomic E-state index is -0.436. The summed E-state index contributed by atoms with van der Waals surface area (Å²) in [6.07, 6.45) is 0. The summed E-state index contributed by atoms with van der Waals surface area (Å²) in [4.78, 5) is 13.0. The average Bonchev–Trinajstić information content (AvgIpc) is 2.59. The molecule has 0 radical (unpaired) electrons. The molecule has 146 valence electrons. The number of esters is 1. The summed E-state index contributed by atoms with van der Waals surface area (Å²) < 4.78 is 16.8. The predicted molar refractivity (Wildman–Crippen MR) is 108 cm³/mol. The molecule has 0 aromatic heterocycles. The molecule has 0 aliphatic rings. The van der Waals surface area contributed by atoms with E-state index in [1.807, 2.05) is 18.2 Å². The average molecular weight is 370 g/mol. The van der Waals surface area contributed by atoms with Gasteiger partial charge in [-0.2, -0.15) is 0 Å². The van der Waals surface area contributed by atoms with E-state index in [2.05, 4.69) is 41.5 Å². The maximum Gasteiger partial charge on any atom is 0.347 e. The third-order valence-corrected chi connectivity index (χ3v) is 4.44. The number of carbonyl (C=O) groups excluding carboxylic acids is 1. The lowest BCUT2D eigenvalue weighted by Crippen LogP contribution is -2.22. The summed E-state index contributed by atoms with van der Waals surface area (Å²) in [6, 6.07) is 11.0. The lowest BCUT2D eigenvalue weighted by atomic mass is 9.79. The number of rotatable bonds is 4. The summed E-state index contributed by atoms with van der Waals surface area (Å²) >= 11 is 0. The van der Waals surface area contributed by atoms with Gasteiger partial charge < -0.3 is 14.2 Å². The second-order valence-corrected chi connectivity index (χ2v) is 8.64. The fourth-order valence-corrected chi connectivity index (χ4v) is 2.91. The SMILES string of the molecule is COc1cc(C(C)(C)C)c(OC(=O)c2ccccc2OC)c(C(C)(C)C)c1. The van der Waals surface area contributed by atoms with Gasteiger partial charge in [-0.15, -0.1) is 0 Å². The van der Waals surface area contributed by atoms with Crippen LogP contribution in [0.2, 0.25) is 0 Å². The lowest BCUT2D eigenvalue weighted by molar-refractivity contribution is 0.0725. The molecule has 0 fully saturated rings. The minimum Gasteiger partial charge on any atom is -0.497 e. The third-order valence-electron chi connectivity index (χ3n) is 4.44. The number of hydrogen-bond donors (Lipinski definition) is 0. The largest absolute Gasteiger partial charge is 0.497 e. The quantitative estimate of drug-likeness (QED) is 0.525. The Balaban J connectivity index is 2.65. The topological polar surface area (TPSA) is 44.8 Å². The van der Waals surface area contributed by atoms with Crippen molar-refractivity contribution in [2.45, 2.75) is 52.4 Å². The van der Waals surface area contributed by atoms with E-state index in [4.69, 9.17) is 14.2 Å². The van der Waals surface area contributed by atoms with Crippen LogP contribution in [-0.2, 0) is 10.8 Å². The van der Waals surface area contributed by atoms with Gasteiger partial charge in [-0.05, 0) is 35.1 Å². The molecule has 0 aliphatic heterocycles. The van der Waals surface area contributed by atoms with Gasteiger partial charge in [0.15, 0.2) is 0 Å². The molecule has 2 rings (SSSR count). The summed E-state index contributed by atoms with van der Waals surface area (Å²) in [5, 5.41) is 0. The molecule has 0 aliphatic carbocycles. The number of ether oxygens (including phenoxy) is 3. The van der Waals surface area contributed by atoms with E-state index < -0.39 is 5.97 Å². The second kappa shape index (κ2) is 7.63. The molecule has 0 heterocycles. The molecule has 4 nitrogen and oxygen atoms in total. The second-order valence-electron chi connectivity index (χ2n) is 8.64. The van der Waals surface area contributed by atoms with Crippen LogP contribution >= 0.6 is 0 Å². The minimum absolute atomic E-state index is 0.231. The summed E-state index contributed by atoms with van der Waals surface area (Å²) in [5.74, 6) is 1.40. The normalized spacial score (nSPS) is 11.9. The molecule has 0 spiro atoms. The van der Waals surface area contributed by atoms with Gasteiger partial charge in [-0.3, -0.25) is 0 Å². The highest BCUT2D eigenvalue weighted by molar-refractivity contribution is 5.94. The van der Waals surface area contributed by atoms with Gasteiger partial charge in [-0.1, -0.05) is 53.7 Å². The maximum atomic E-state index is 13.0. The molecule has 2 aromatic carbocycles. The van der Waals surface area contributed by atoms with Crippen molar-refractivity contribution in [1.82, 2.24) is 0 Å². The molecular formula is C23H30O4. The predicted octanol–water partition coefficient (Wildman–Crippen LogP) is 5.52. The smallest absolute Gasteiger partial charge is 0.347 e. The van der Waals surface area contributed by atoms with Gasteiger partial charge in [0.25, 0.3) is 0 Å². The van der Waals surface area contributed by atoms with Gasteiger partial charge in [0.1, 0.15) is 22.8 Å². The van der Waals surface area contributed by atoms with E-state index in [1.54, 1.807) is 32.4 Å². The zero-order valence-corrected chi connectivity index (χ0v) is 17.6. The van der Waals surface area contributed by atoms with E-state index in [0.29, 0.717) is 17.1 Å². The van der Waals surface area contributed by atoms with Crippen LogP contribution in [0.15, 0.2) is 36.4 Å². The van der Waals surface area contributed by atoms with E-state index in [9.17, 15) is 4.79 Å². The number of benzene rings is 2. The Kier molecular flexibility index (Phi) is 5.88. The van der Waals surface area contributed by atoms with Gasteiger partial charge in [0.05, 0.1) is 14.2 Å². The standard InChI is InChI=1S/C23H30O4/c1-22(2,3)17-13-15(25-7)14-18(23(4,5)6)20(17)27-21(24)16-11-9-10-12-19(16)26-8/h9-14H,1-8H3. The van der Waals surface area contributed by atoms with Gasteiger partial charge in [-0.25, -0.2) is 4.79 Å². The Hall–Kier alpha value is -2.49. The van der Waals surface area contributed by atoms with Crippen LogP contribution in [0.25, 0.3) is 0 Å². The van der Waals surface area contributed by atoms with Crippen molar-refractivity contribution < 1.29 is 19.0 Å². The van der Waals surface area contributed by atoms with Crippen LogP contribution < -0.4 is 14.2 Å². The van der Waals surface area contributed by atoms with Crippen molar-refractivity contribution in [3.8, 4) is 17.2 Å². The first kappa shape index (κ1) is 20.8. The van der Waals surface area contributed by atoms with Crippen molar-refractivity contribution in [2.75, 3.05) is 14.2 Å². The fraction of sp³-hybridized carbons (Fsp3) is 0.435. The molecule has 0 amide bonds. The summed E-state index contributed by atoms with van der Waals surface area (Å²) in [6.45, 7) is 12.6. The van der Waals surface area contributed by atoms with Crippen LogP contribution in [0.5, 0.6) is 17.2 Å². The van der Waals surface area contributed by atoms with Crippen LogP contribution in [0.4, 0.5) is 0 Å². The van der Waals surface area contributed by atoms with Crippen LogP contribution in [0.3, 0.4) is 0 Å². The fourth-order valence-electron chi connectivity index (χ4n) is 2.91. The van der Waals surface area contributed by atoms with Crippen molar-refractivity contribution in [3.63, 3.8) is 0 Å². The highest BCUT2D eigenvalue weighted by atomic mass is 16.5. The number of carbonyl (C=O) groups is 1. The molecule has 0 unspecified atom stereocenters. The Bertz CT molecular complexity index is 788. The summed E-state index contributed by atoms with van der Waals surface area (Å²) in [7, 11) is 3.19. The molecule has 0 saturated carbocycles. The van der Waals surface area contributed by atoms with Crippen molar-refractivity contribution >= 4 is 5.97 Å². The monoisotopic (exact) mass is 370 g/mol. The summed E-state index contributed by atoms with van der Waals surface area (Å²) in [5.41, 5.74) is 1.79. The van der Waals surface area contributed by atoms with E-state index in [0.717, 1.165) is 16.9 Å². The zero-order chi connectivity index (χ0) is 20.4. The lowest BCUT2D eigenvalue weighted by Gasteiger charge is -2.29. The Morgan fingerprint density at radius 3 is 1.78 bits per heavy atom. The van der Waals surface area contributed by atoms with E-state index in [-0.39, 0.29) is 10.8 Å². The first-order chi connectivity index (χ1) is 12.5. The maximum absolute atomic E-state index is 13.0. The third kappa shape index (κ3) is 4.62. The number of methoxy groups -OCH3 is 2. The molecule has 2 aromatic rings. The molecule has 0 bridgehead atoms. The Labute approximate surface area is 162 Å². The van der Waals surface area contributed by atoms with Crippen LogP contribution in [-0.4, -0.2) is 20.2 Å². The van der Waals surface area contributed by atoms with E-state index >= 15 is 0 Å². The number of hydrogen-bond acceptors (Lipinski definition) is 4. The molecular weight excluding hydrogens is 340 g/mol. The van der Waals surface area contributed by atoms with Crippen molar-refractivity contribution in [3.05, 3.63) is 53.1 Å². The highest BCUT2D eigenvalue weighted by Crippen LogP contribution is 2.43. The van der Waals surface area contributed by atoms with Crippen LogP contribution in [0.1, 0.15) is 63.0 Å². The molecule has 0 saturated heterocycles. The molecule has 4 heteroatoms. The first-order valence-electron chi connectivity index (χ1n) is 9.07. The first-order valence-corrected chi connectivity index (χ1v) is 9.07. The Morgan fingerprint density at radius 2 is 1.33 bits per heavy atom. The highest BCUT2D eigenvalue weighted by Gasteiger charge is 2.30. The zero-order valence-electron chi connectivity index (χ0n) is 17.6. The van der Waals surface area contributed by atoms with Gasteiger partial charge in [0.2, 0.25) is 0 Å². The van der Waals surface area contributed by atoms with E-state index in [1.165, 1.54) is 0 Å². The van der Waals surface area contributed by atoms with Crippen molar-refractivity contribution in [1.29, 1.82) is 0 Å². The molecule has 0 N–H and O–H groups in total. The molecule has 0 atom stereocenters. The molecule has 27 heavy (non-hydrogen) atoms. The Morgan fingerprint density at radius 1 is 0.815 bits per heavy atom. The van der Waals surface area contributed by atoms with Gasteiger partial charge >= 0.3 is 5.97 Å². The van der Waals surface area contributed by atoms with Crippen molar-refractivity contribution in [2.24, 2.45) is 0 Å².